The van der Waals surface area contributed by atoms with E-state index in [1.165, 1.54) is 20.1 Å². The molecule has 1 aromatic rings. The molecule has 250 valence electrons. The van der Waals surface area contributed by atoms with Gasteiger partial charge in [0.25, 0.3) is 0 Å². The van der Waals surface area contributed by atoms with Crippen molar-refractivity contribution in [3.63, 3.8) is 0 Å². The van der Waals surface area contributed by atoms with Gasteiger partial charge in [0, 0.05) is 19.2 Å². The number of allylic oxidation sites excluding steroid dienone is 2. The minimum atomic E-state index is -5.39. The molecule has 0 aromatic heterocycles. The van der Waals surface area contributed by atoms with Crippen molar-refractivity contribution in [1.29, 1.82) is 0 Å². The lowest BCUT2D eigenvalue weighted by Gasteiger charge is -2.26. The van der Waals surface area contributed by atoms with Gasteiger partial charge in [-0.15, -0.1) is 0 Å². The molecule has 9 nitrogen and oxygen atoms in total. The molecule has 2 rings (SSSR count). The zero-order valence-corrected chi connectivity index (χ0v) is 27.4. The van der Waals surface area contributed by atoms with Crippen LogP contribution in [0.3, 0.4) is 0 Å². The molecule has 0 N–H and O–H groups in total. The van der Waals surface area contributed by atoms with Gasteiger partial charge in [0.1, 0.15) is 23.7 Å². The molecule has 1 unspecified atom stereocenters. The van der Waals surface area contributed by atoms with Gasteiger partial charge in [0.05, 0.1) is 20.8 Å². The van der Waals surface area contributed by atoms with E-state index in [0.717, 1.165) is 13.2 Å². The Bertz CT molecular complexity index is 1270. The molecule has 0 fully saturated rings. The highest BCUT2D eigenvalue weighted by Crippen LogP contribution is 2.57. The number of ether oxygens (including phenoxy) is 4. The van der Waals surface area contributed by atoms with Crippen molar-refractivity contribution in [2.45, 2.75) is 77.0 Å². The molecule has 17 heteroatoms. The van der Waals surface area contributed by atoms with Crippen LogP contribution >= 0.6 is 7.60 Å². The first-order valence-corrected chi connectivity index (χ1v) is 18.7. The number of benzene rings is 1. The zero-order valence-electron chi connectivity index (χ0n) is 25.5. The van der Waals surface area contributed by atoms with Crippen LogP contribution in [-0.2, 0) is 40.9 Å². The van der Waals surface area contributed by atoms with Crippen molar-refractivity contribution < 1.29 is 68.5 Å². The third kappa shape index (κ3) is 10.5. The van der Waals surface area contributed by atoms with E-state index in [1.54, 1.807) is 6.92 Å². The lowest BCUT2D eigenvalue weighted by Crippen LogP contribution is -2.29. The zero-order chi connectivity index (χ0) is 33.7. The van der Waals surface area contributed by atoms with Crippen LogP contribution in [0.5, 0.6) is 11.5 Å². The van der Waals surface area contributed by atoms with Crippen molar-refractivity contribution in [3.8, 4) is 11.5 Å². The lowest BCUT2D eigenvalue weighted by atomic mass is 9.94. The summed E-state index contributed by atoms with van der Waals surface area (Å²) in [4.78, 5) is 25.2. The largest absolute Gasteiger partial charge is 0.496 e. The van der Waals surface area contributed by atoms with Crippen LogP contribution < -0.4 is 9.47 Å². The van der Waals surface area contributed by atoms with Gasteiger partial charge in [-0.25, -0.2) is 4.79 Å². The summed E-state index contributed by atoms with van der Waals surface area (Å²) >= 11 is 0. The lowest BCUT2D eigenvalue weighted by molar-refractivity contribution is -0.167. The SMILES string of the molecule is COC(=O)C(C/C(C)=C/Cc1c(OC)c(C)c2c(c1OCC[Si](C)(C)C)C(=O)OC2)P(=O)(OCC(F)(F)F)OCC(F)(F)F. The summed E-state index contributed by atoms with van der Waals surface area (Å²) in [6.07, 6.45) is -9.33. The van der Waals surface area contributed by atoms with Crippen LogP contribution in [0.1, 0.15) is 40.4 Å². The van der Waals surface area contributed by atoms with Gasteiger partial charge >= 0.3 is 31.9 Å². The molecule has 1 aromatic carbocycles. The standard InChI is InChI=1S/C27H37F6O9PSi/c1-16(12-20(24(34)38-4)43(36,41-14-26(28,29)30)42-15-27(31,32)33)8-9-18-22(37-3)17(2)19-13-40-25(35)21(19)23(18)39-10-11-44(5,6)7/h8,20H,9-15H2,1-7H3/b16-8+. The maximum absolute atomic E-state index is 13.3. The number of methoxy groups -OCH3 is 2. The molecule has 0 saturated carbocycles. The summed E-state index contributed by atoms with van der Waals surface area (Å²) in [6, 6.07) is 0.757. The molecular formula is C27H37F6O9PSi. The van der Waals surface area contributed by atoms with Crippen LogP contribution in [-0.4, -0.2) is 72.1 Å². The first-order valence-electron chi connectivity index (χ1n) is 13.4. The number of halogens is 6. The average molecular weight is 679 g/mol. The molecule has 1 atom stereocenters. The van der Waals surface area contributed by atoms with Gasteiger partial charge in [-0.1, -0.05) is 31.3 Å². The van der Waals surface area contributed by atoms with E-state index < -0.39 is 65.3 Å². The normalized spacial score (nSPS) is 15.1. The molecule has 0 spiro atoms. The Balaban J connectivity index is 2.52. The second-order valence-corrected chi connectivity index (χ2v) is 19.2. The Morgan fingerprint density at radius 1 is 1.05 bits per heavy atom. The van der Waals surface area contributed by atoms with E-state index in [1.807, 2.05) is 0 Å². The Labute approximate surface area is 252 Å². The van der Waals surface area contributed by atoms with Crippen molar-refractivity contribution in [2.24, 2.45) is 0 Å². The Morgan fingerprint density at radius 2 is 1.61 bits per heavy atom. The molecule has 44 heavy (non-hydrogen) atoms. The molecule has 1 aliphatic heterocycles. The summed E-state index contributed by atoms with van der Waals surface area (Å²) in [5, 5.41) is 0. The molecule has 0 amide bonds. The summed E-state index contributed by atoms with van der Waals surface area (Å²) in [7, 11) is -4.70. The number of carbonyl (C=O) groups is 2. The second-order valence-electron chi connectivity index (χ2n) is 11.4. The fourth-order valence-electron chi connectivity index (χ4n) is 4.30. The third-order valence-electron chi connectivity index (χ3n) is 6.57. The molecule has 0 aliphatic carbocycles. The highest BCUT2D eigenvalue weighted by Gasteiger charge is 2.47. The summed E-state index contributed by atoms with van der Waals surface area (Å²) in [5.74, 6) is -1.38. The monoisotopic (exact) mass is 678 g/mol. The van der Waals surface area contributed by atoms with Gasteiger partial charge < -0.3 is 18.9 Å². The highest BCUT2D eigenvalue weighted by molar-refractivity contribution is 7.55. The average Bonchev–Trinajstić information content (AvgIpc) is 3.29. The number of alkyl halides is 6. The topological polar surface area (TPSA) is 107 Å². The van der Waals surface area contributed by atoms with Crippen LogP contribution in [0, 0.1) is 6.92 Å². The molecular weight excluding hydrogens is 641 g/mol. The molecule has 0 bridgehead atoms. The fraction of sp³-hybridized carbons (Fsp3) is 0.630. The minimum absolute atomic E-state index is 0.0102. The van der Waals surface area contributed by atoms with Crippen LogP contribution in [0.15, 0.2) is 11.6 Å². The number of esters is 2. The van der Waals surface area contributed by atoms with E-state index >= 15 is 0 Å². The van der Waals surface area contributed by atoms with E-state index in [4.69, 9.17) is 14.2 Å². The minimum Gasteiger partial charge on any atom is -0.496 e. The van der Waals surface area contributed by atoms with E-state index in [-0.39, 0.29) is 36.5 Å². The smallest absolute Gasteiger partial charge is 0.412 e. The van der Waals surface area contributed by atoms with Crippen LogP contribution in [0.2, 0.25) is 25.7 Å². The number of carbonyl (C=O) groups excluding carboxylic acids is 2. The number of hydrogen-bond acceptors (Lipinski definition) is 9. The van der Waals surface area contributed by atoms with Gasteiger partial charge in [-0.2, -0.15) is 26.3 Å². The summed E-state index contributed by atoms with van der Waals surface area (Å²) in [5.41, 5.74) is -0.0724. The summed E-state index contributed by atoms with van der Waals surface area (Å²) < 4.78 is 121. The first-order chi connectivity index (χ1) is 20.1. The van der Waals surface area contributed by atoms with Crippen LogP contribution in [0.25, 0.3) is 0 Å². The van der Waals surface area contributed by atoms with Gasteiger partial charge in [0.2, 0.25) is 0 Å². The van der Waals surface area contributed by atoms with Gasteiger partial charge in [-0.3, -0.25) is 18.4 Å². The number of hydrogen-bond donors (Lipinski definition) is 0. The second kappa shape index (κ2) is 14.7. The van der Waals surface area contributed by atoms with E-state index in [9.17, 15) is 40.5 Å². The van der Waals surface area contributed by atoms with Crippen molar-refractivity contribution in [2.75, 3.05) is 34.0 Å². The fourth-order valence-corrected chi connectivity index (χ4v) is 6.97. The van der Waals surface area contributed by atoms with E-state index in [0.29, 0.717) is 22.4 Å². The molecule has 1 aliphatic rings. The van der Waals surface area contributed by atoms with Crippen molar-refractivity contribution in [3.05, 3.63) is 33.9 Å². The van der Waals surface area contributed by atoms with Crippen LogP contribution in [0.4, 0.5) is 26.3 Å². The number of rotatable bonds is 15. The summed E-state index contributed by atoms with van der Waals surface area (Å²) in [6.45, 7) is 5.43. The van der Waals surface area contributed by atoms with Crippen molar-refractivity contribution in [1.82, 2.24) is 0 Å². The highest BCUT2D eigenvalue weighted by atomic mass is 31.2. The Kier molecular flexibility index (Phi) is 12.6. The molecule has 0 radical (unpaired) electrons. The maximum Gasteiger partial charge on any atom is 0.412 e. The molecule has 0 saturated heterocycles. The first kappa shape index (κ1) is 37.6. The van der Waals surface area contributed by atoms with E-state index in [2.05, 4.69) is 33.4 Å². The van der Waals surface area contributed by atoms with Crippen molar-refractivity contribution >= 4 is 27.6 Å². The predicted octanol–water partition coefficient (Wildman–Crippen LogP) is 7.16. The quantitative estimate of drug-likeness (QED) is 0.0628. The van der Waals surface area contributed by atoms with Gasteiger partial charge in [0.15, 0.2) is 18.9 Å². The number of fused-ring (bicyclic) bond motifs is 1. The Morgan fingerprint density at radius 3 is 2.09 bits per heavy atom. The molecule has 1 heterocycles. The maximum atomic E-state index is 13.3. The Hall–Kier alpha value is -2.55. The number of cyclic esters (lactones) is 1. The van der Waals surface area contributed by atoms with Gasteiger partial charge in [-0.05, 0) is 38.3 Å². The third-order valence-corrected chi connectivity index (χ3v) is 10.4. The predicted molar refractivity (Wildman–Crippen MR) is 150 cm³/mol.